The highest BCUT2D eigenvalue weighted by atomic mass is 35.5. The molecule has 3 aromatic carbocycles. The summed E-state index contributed by atoms with van der Waals surface area (Å²) in [4.78, 5) is 17.1. The third-order valence-corrected chi connectivity index (χ3v) is 5.11. The number of nitrogens with zero attached hydrogens (tertiary/aromatic N) is 1. The Morgan fingerprint density at radius 3 is 2.45 bits per heavy atom. The smallest absolute Gasteiger partial charge is 0.251 e. The van der Waals surface area contributed by atoms with E-state index in [4.69, 9.17) is 16.3 Å². The number of rotatable bonds is 6. The Kier molecular flexibility index (Phi) is 6.29. The number of halogens is 1. The number of amides is 1. The first-order valence-corrected chi connectivity index (χ1v) is 10.3. The molecule has 0 saturated heterocycles. The summed E-state index contributed by atoms with van der Waals surface area (Å²) < 4.78 is 5.90. The molecule has 4 aromatic rings. The lowest BCUT2D eigenvalue weighted by molar-refractivity contribution is -0.115. The monoisotopic (exact) mass is 428 g/mol. The van der Waals surface area contributed by atoms with Crippen LogP contribution in [0.5, 0.6) is 5.75 Å². The van der Waals surface area contributed by atoms with E-state index in [9.17, 15) is 4.79 Å². The molecule has 0 aliphatic heterocycles. The topological polar surface area (TPSA) is 51.2 Å². The van der Waals surface area contributed by atoms with Crippen molar-refractivity contribution < 1.29 is 9.53 Å². The Balaban J connectivity index is 1.50. The van der Waals surface area contributed by atoms with Crippen LogP contribution in [-0.2, 0) is 11.4 Å². The molecule has 1 N–H and O–H groups in total. The standard InChI is InChI=1S/C26H21ClN2O2/c1-28-26(30)24(16-18-6-11-21(27)12-7-18)19-9-14-23(15-10-19)31-17-22-13-8-20-4-2-3-5-25(20)29-22/h2-16H,17H2,1H3,(H,28,30). The average Bonchev–Trinajstić information content (AvgIpc) is 2.82. The minimum atomic E-state index is -0.163. The summed E-state index contributed by atoms with van der Waals surface area (Å²) in [6.45, 7) is 0.368. The minimum Gasteiger partial charge on any atom is -0.487 e. The molecule has 154 valence electrons. The second kappa shape index (κ2) is 9.45. The summed E-state index contributed by atoms with van der Waals surface area (Å²) in [5.41, 5.74) is 4.06. The maximum Gasteiger partial charge on any atom is 0.251 e. The van der Waals surface area contributed by atoms with Gasteiger partial charge in [0.1, 0.15) is 12.4 Å². The molecule has 0 saturated carbocycles. The van der Waals surface area contributed by atoms with Gasteiger partial charge in [0.25, 0.3) is 5.91 Å². The van der Waals surface area contributed by atoms with Crippen LogP contribution in [0.1, 0.15) is 16.8 Å². The third-order valence-electron chi connectivity index (χ3n) is 4.86. The van der Waals surface area contributed by atoms with Gasteiger partial charge < -0.3 is 10.1 Å². The van der Waals surface area contributed by atoms with Crippen LogP contribution in [-0.4, -0.2) is 17.9 Å². The van der Waals surface area contributed by atoms with E-state index in [0.29, 0.717) is 23.0 Å². The van der Waals surface area contributed by atoms with Gasteiger partial charge in [0.2, 0.25) is 0 Å². The van der Waals surface area contributed by atoms with Crippen molar-refractivity contribution >= 4 is 40.1 Å². The number of fused-ring (bicyclic) bond motifs is 1. The Labute approximate surface area is 186 Å². The first kappa shape index (κ1) is 20.6. The van der Waals surface area contributed by atoms with E-state index in [1.54, 1.807) is 19.2 Å². The zero-order valence-corrected chi connectivity index (χ0v) is 17.8. The van der Waals surface area contributed by atoms with Gasteiger partial charge in [-0.15, -0.1) is 0 Å². The fourth-order valence-corrected chi connectivity index (χ4v) is 3.34. The number of ether oxygens (including phenoxy) is 1. The molecule has 0 bridgehead atoms. The van der Waals surface area contributed by atoms with Gasteiger partial charge in [-0.2, -0.15) is 0 Å². The number of carbonyl (C=O) groups excluding carboxylic acids is 1. The SMILES string of the molecule is CNC(=O)C(=Cc1ccc(Cl)cc1)c1ccc(OCc2ccc3ccccc3n2)cc1. The molecule has 1 heterocycles. The summed E-state index contributed by atoms with van der Waals surface area (Å²) in [7, 11) is 1.62. The van der Waals surface area contributed by atoms with Crippen molar-refractivity contribution in [2.24, 2.45) is 0 Å². The first-order chi connectivity index (χ1) is 15.1. The molecule has 0 fully saturated rings. The second-order valence-corrected chi connectivity index (χ2v) is 7.43. The molecule has 0 atom stereocenters. The number of nitrogens with one attached hydrogen (secondary N) is 1. The summed E-state index contributed by atoms with van der Waals surface area (Å²) in [6.07, 6.45) is 1.84. The predicted octanol–water partition coefficient (Wildman–Crippen LogP) is 5.75. The molecule has 0 aliphatic carbocycles. The molecule has 0 spiro atoms. The average molecular weight is 429 g/mol. The Morgan fingerprint density at radius 1 is 0.968 bits per heavy atom. The minimum absolute atomic E-state index is 0.163. The van der Waals surface area contributed by atoms with Crippen LogP contribution in [0.4, 0.5) is 0 Å². The van der Waals surface area contributed by atoms with Gasteiger partial charge >= 0.3 is 0 Å². The van der Waals surface area contributed by atoms with Gasteiger partial charge in [-0.3, -0.25) is 4.79 Å². The zero-order chi connectivity index (χ0) is 21.6. The molecule has 1 amide bonds. The molecular weight excluding hydrogens is 408 g/mol. The third kappa shape index (κ3) is 5.11. The molecule has 31 heavy (non-hydrogen) atoms. The van der Waals surface area contributed by atoms with E-state index in [2.05, 4.69) is 10.3 Å². The molecule has 0 aliphatic rings. The van der Waals surface area contributed by atoms with Crippen LogP contribution in [0, 0.1) is 0 Å². The summed E-state index contributed by atoms with van der Waals surface area (Å²) >= 11 is 5.96. The first-order valence-electron chi connectivity index (χ1n) is 9.89. The Morgan fingerprint density at radius 2 is 1.71 bits per heavy atom. The largest absolute Gasteiger partial charge is 0.487 e. The highest BCUT2D eigenvalue weighted by Gasteiger charge is 2.11. The molecule has 0 unspecified atom stereocenters. The predicted molar refractivity (Wildman–Crippen MR) is 126 cm³/mol. The highest BCUT2D eigenvalue weighted by molar-refractivity contribution is 6.30. The molecule has 4 nitrogen and oxygen atoms in total. The Bertz CT molecular complexity index is 1230. The molecule has 0 radical (unpaired) electrons. The van der Waals surface area contributed by atoms with Crippen LogP contribution < -0.4 is 10.1 Å². The lowest BCUT2D eigenvalue weighted by Gasteiger charge is -2.10. The van der Waals surface area contributed by atoms with Crippen LogP contribution >= 0.6 is 11.6 Å². The van der Waals surface area contributed by atoms with E-state index in [0.717, 1.165) is 27.7 Å². The van der Waals surface area contributed by atoms with Crippen molar-refractivity contribution in [3.05, 3.63) is 107 Å². The van der Waals surface area contributed by atoms with Crippen LogP contribution in [0.2, 0.25) is 5.02 Å². The van der Waals surface area contributed by atoms with Crippen molar-refractivity contribution in [1.82, 2.24) is 10.3 Å². The number of hydrogen-bond donors (Lipinski definition) is 1. The van der Waals surface area contributed by atoms with Gasteiger partial charge in [-0.1, -0.05) is 60.1 Å². The van der Waals surface area contributed by atoms with E-state index in [1.165, 1.54) is 0 Å². The van der Waals surface area contributed by atoms with Crippen molar-refractivity contribution in [2.45, 2.75) is 6.61 Å². The van der Waals surface area contributed by atoms with Crippen LogP contribution in [0.25, 0.3) is 22.6 Å². The number of pyridine rings is 1. The Hall–Kier alpha value is -3.63. The molecule has 4 rings (SSSR count). The number of para-hydroxylation sites is 1. The summed E-state index contributed by atoms with van der Waals surface area (Å²) in [5.74, 6) is 0.547. The van der Waals surface area contributed by atoms with Gasteiger partial charge in [-0.25, -0.2) is 4.98 Å². The van der Waals surface area contributed by atoms with E-state index < -0.39 is 0 Å². The fourth-order valence-electron chi connectivity index (χ4n) is 3.22. The second-order valence-electron chi connectivity index (χ2n) is 7.00. The maximum atomic E-state index is 12.4. The zero-order valence-electron chi connectivity index (χ0n) is 17.0. The maximum absolute atomic E-state index is 12.4. The van der Waals surface area contributed by atoms with Gasteiger partial charge in [0, 0.05) is 23.0 Å². The van der Waals surface area contributed by atoms with Gasteiger partial charge in [0.15, 0.2) is 0 Å². The van der Waals surface area contributed by atoms with E-state index in [-0.39, 0.29) is 5.91 Å². The number of hydrogen-bond acceptors (Lipinski definition) is 3. The lowest BCUT2D eigenvalue weighted by Crippen LogP contribution is -2.19. The van der Waals surface area contributed by atoms with Gasteiger partial charge in [-0.05, 0) is 53.6 Å². The quantitative estimate of drug-likeness (QED) is 0.314. The fraction of sp³-hybridized carbons (Fsp3) is 0.0769. The molecule has 5 heteroatoms. The summed E-state index contributed by atoms with van der Waals surface area (Å²) in [6, 6.07) is 26.8. The van der Waals surface area contributed by atoms with Crippen LogP contribution in [0.15, 0.2) is 84.9 Å². The van der Waals surface area contributed by atoms with Crippen LogP contribution in [0.3, 0.4) is 0 Å². The van der Waals surface area contributed by atoms with E-state index >= 15 is 0 Å². The summed E-state index contributed by atoms with van der Waals surface area (Å²) in [5, 5.41) is 4.45. The van der Waals surface area contributed by atoms with Gasteiger partial charge in [0.05, 0.1) is 11.2 Å². The van der Waals surface area contributed by atoms with Crippen molar-refractivity contribution in [3.8, 4) is 5.75 Å². The van der Waals surface area contributed by atoms with Crippen molar-refractivity contribution in [1.29, 1.82) is 0 Å². The highest BCUT2D eigenvalue weighted by Crippen LogP contribution is 2.23. The lowest BCUT2D eigenvalue weighted by atomic mass is 10.0. The van der Waals surface area contributed by atoms with Crippen molar-refractivity contribution in [3.63, 3.8) is 0 Å². The van der Waals surface area contributed by atoms with Crippen molar-refractivity contribution in [2.75, 3.05) is 7.05 Å². The number of aromatic nitrogens is 1. The molecule has 1 aromatic heterocycles. The van der Waals surface area contributed by atoms with E-state index in [1.807, 2.05) is 78.9 Å². The normalized spacial score (nSPS) is 11.4. The number of benzene rings is 3. The number of likely N-dealkylation sites (N-methyl/N-ethyl adjacent to an activating group) is 1. The molecular formula is C26H21ClN2O2. The number of carbonyl (C=O) groups is 1.